The molecule has 7 heteroatoms. The van der Waals surface area contributed by atoms with E-state index in [1.807, 2.05) is 0 Å². The summed E-state index contributed by atoms with van der Waals surface area (Å²) in [5, 5.41) is 11.9. The highest BCUT2D eigenvalue weighted by molar-refractivity contribution is 5.86. The second kappa shape index (κ2) is 3.25. The summed E-state index contributed by atoms with van der Waals surface area (Å²) >= 11 is 0. The third kappa shape index (κ3) is 1.95. The van der Waals surface area contributed by atoms with E-state index >= 15 is 0 Å². The number of halogens is 3. The zero-order valence-corrected chi connectivity index (χ0v) is 8.04. The average Bonchev–Trinajstić information content (AvgIpc) is 2.49. The number of carboxylic acids is 1. The fourth-order valence-corrected chi connectivity index (χ4v) is 0.869. The normalized spacial score (nSPS) is 12.9. The number of nitrogens with zero attached hydrogens (tertiary/aromatic N) is 2. The summed E-state index contributed by atoms with van der Waals surface area (Å²) in [6, 6.07) is 0. The van der Waals surface area contributed by atoms with Crippen molar-refractivity contribution in [3.8, 4) is 0 Å². The predicted molar refractivity (Wildman–Crippen MR) is 44.6 cm³/mol. The topological polar surface area (TPSA) is 55.1 Å². The van der Waals surface area contributed by atoms with Crippen molar-refractivity contribution in [1.29, 1.82) is 0 Å². The summed E-state index contributed by atoms with van der Waals surface area (Å²) in [4.78, 5) is 10.5. The number of aromatic nitrogens is 2. The van der Waals surface area contributed by atoms with E-state index in [0.29, 0.717) is 4.68 Å². The molecule has 1 rings (SSSR count). The van der Waals surface area contributed by atoms with Crippen LogP contribution in [-0.2, 0) is 5.54 Å². The van der Waals surface area contributed by atoms with E-state index in [2.05, 4.69) is 5.10 Å². The Morgan fingerprint density at radius 1 is 1.47 bits per heavy atom. The second-order valence-corrected chi connectivity index (χ2v) is 3.54. The van der Waals surface area contributed by atoms with Gasteiger partial charge in [0.1, 0.15) is 0 Å². The van der Waals surface area contributed by atoms with Gasteiger partial charge in [0.25, 0.3) is 0 Å². The molecule has 0 aliphatic rings. The fourth-order valence-electron chi connectivity index (χ4n) is 0.869. The van der Waals surface area contributed by atoms with Crippen molar-refractivity contribution in [3.63, 3.8) is 0 Å². The van der Waals surface area contributed by atoms with Crippen LogP contribution in [0.3, 0.4) is 0 Å². The number of carboxylic acid groups (broad SMARTS) is 1. The Morgan fingerprint density at radius 2 is 2.00 bits per heavy atom. The lowest BCUT2D eigenvalue weighted by Gasteiger charge is -2.27. The Balaban J connectivity index is 3.11. The molecule has 0 spiro atoms. The molecule has 0 aliphatic heterocycles. The first-order valence-corrected chi connectivity index (χ1v) is 4.01. The minimum absolute atomic E-state index is 0.271. The molecule has 0 radical (unpaired) electrons. The molecule has 0 bridgehead atoms. The summed E-state index contributed by atoms with van der Waals surface area (Å²) in [7, 11) is 0. The third-order valence-corrected chi connectivity index (χ3v) is 2.10. The smallest absolute Gasteiger partial charge is 0.413 e. The van der Waals surface area contributed by atoms with Gasteiger partial charge in [0.2, 0.25) is 0 Å². The quantitative estimate of drug-likeness (QED) is 0.831. The van der Waals surface area contributed by atoms with Crippen LogP contribution in [0.25, 0.3) is 0 Å². The molecule has 0 saturated heterocycles. The Hall–Kier alpha value is -1.53. The van der Waals surface area contributed by atoms with Crippen LogP contribution in [-0.4, -0.2) is 27.0 Å². The van der Waals surface area contributed by atoms with Crippen molar-refractivity contribution in [2.75, 3.05) is 0 Å². The highest BCUT2D eigenvalue weighted by atomic mass is 19.4. The molecule has 0 amide bonds. The molecular weight excluding hydrogens is 213 g/mol. The summed E-state index contributed by atoms with van der Waals surface area (Å²) in [5.74, 6) is -1.31. The van der Waals surface area contributed by atoms with E-state index in [-0.39, 0.29) is 5.56 Å². The number of hydrogen-bond acceptors (Lipinski definition) is 2. The Labute approximate surface area is 83.3 Å². The highest BCUT2D eigenvalue weighted by Crippen LogP contribution is 2.35. The highest BCUT2D eigenvalue weighted by Gasteiger charge is 2.49. The lowest BCUT2D eigenvalue weighted by Crippen LogP contribution is -2.42. The first-order chi connectivity index (χ1) is 6.66. The van der Waals surface area contributed by atoms with Crippen LogP contribution in [0.2, 0.25) is 0 Å². The number of carbonyl (C=O) groups is 1. The maximum atomic E-state index is 12.5. The average molecular weight is 222 g/mol. The molecule has 0 fully saturated rings. The Morgan fingerprint density at radius 3 is 2.33 bits per heavy atom. The minimum atomic E-state index is -4.49. The van der Waals surface area contributed by atoms with Gasteiger partial charge in [-0.05, 0) is 13.8 Å². The Bertz CT molecular complexity index is 381. The fraction of sp³-hybridized carbons (Fsp3) is 0.500. The summed E-state index contributed by atoms with van der Waals surface area (Å²) in [6.07, 6.45) is -2.75. The molecule has 0 aliphatic carbocycles. The zero-order chi connectivity index (χ0) is 11.9. The van der Waals surface area contributed by atoms with Crippen molar-refractivity contribution in [3.05, 3.63) is 18.0 Å². The van der Waals surface area contributed by atoms with Gasteiger partial charge < -0.3 is 5.11 Å². The van der Waals surface area contributed by atoms with Crippen LogP contribution < -0.4 is 0 Å². The number of hydrogen-bond donors (Lipinski definition) is 1. The minimum Gasteiger partial charge on any atom is -0.478 e. The standard InChI is InChI=1S/C8H9F3N2O2/c1-7(2,8(9,10)11)13-4-5(3-12-13)6(14)15/h3-4H,1-2H3,(H,14,15). The molecule has 0 aromatic carbocycles. The maximum absolute atomic E-state index is 12.5. The lowest BCUT2D eigenvalue weighted by molar-refractivity contribution is -0.205. The van der Waals surface area contributed by atoms with Gasteiger partial charge in [-0.25, -0.2) is 4.79 Å². The van der Waals surface area contributed by atoms with Gasteiger partial charge in [-0.2, -0.15) is 18.3 Å². The number of aromatic carboxylic acids is 1. The molecule has 1 aromatic heterocycles. The molecule has 0 atom stereocenters. The largest absolute Gasteiger partial charge is 0.478 e. The molecule has 1 aromatic rings. The first kappa shape index (κ1) is 11.5. The molecule has 1 N–H and O–H groups in total. The molecule has 84 valence electrons. The summed E-state index contributed by atoms with van der Waals surface area (Å²) in [6.45, 7) is 1.84. The van der Waals surface area contributed by atoms with Crippen LogP contribution in [0.1, 0.15) is 24.2 Å². The van der Waals surface area contributed by atoms with Crippen molar-refractivity contribution in [2.45, 2.75) is 25.6 Å². The van der Waals surface area contributed by atoms with Gasteiger partial charge in [0, 0.05) is 6.20 Å². The summed E-state index contributed by atoms with van der Waals surface area (Å²) in [5.41, 5.74) is -2.49. The van der Waals surface area contributed by atoms with Crippen LogP contribution >= 0.6 is 0 Å². The van der Waals surface area contributed by atoms with E-state index in [0.717, 1.165) is 26.2 Å². The van der Waals surface area contributed by atoms with Gasteiger partial charge >= 0.3 is 12.1 Å². The summed E-state index contributed by atoms with van der Waals surface area (Å²) < 4.78 is 38.2. The van der Waals surface area contributed by atoms with Crippen molar-refractivity contribution in [2.24, 2.45) is 0 Å². The second-order valence-electron chi connectivity index (χ2n) is 3.54. The Kier molecular flexibility index (Phi) is 2.50. The van der Waals surface area contributed by atoms with Crippen molar-refractivity contribution in [1.82, 2.24) is 9.78 Å². The molecule has 1 heterocycles. The molecule has 4 nitrogen and oxygen atoms in total. The molecule has 0 saturated carbocycles. The van der Waals surface area contributed by atoms with E-state index in [1.54, 1.807) is 0 Å². The predicted octanol–water partition coefficient (Wildman–Crippen LogP) is 1.88. The van der Waals surface area contributed by atoms with Crippen LogP contribution in [0, 0.1) is 0 Å². The van der Waals surface area contributed by atoms with Gasteiger partial charge in [-0.15, -0.1) is 0 Å². The van der Waals surface area contributed by atoms with E-state index in [4.69, 9.17) is 5.11 Å². The van der Waals surface area contributed by atoms with Crippen molar-refractivity contribution >= 4 is 5.97 Å². The zero-order valence-electron chi connectivity index (χ0n) is 8.04. The van der Waals surface area contributed by atoms with Gasteiger partial charge in [-0.1, -0.05) is 0 Å². The van der Waals surface area contributed by atoms with Gasteiger partial charge in [-0.3, -0.25) is 4.68 Å². The van der Waals surface area contributed by atoms with Crippen molar-refractivity contribution < 1.29 is 23.1 Å². The molecule has 15 heavy (non-hydrogen) atoms. The first-order valence-electron chi connectivity index (χ1n) is 4.01. The molecular formula is C8H9F3N2O2. The molecule has 0 unspecified atom stereocenters. The van der Waals surface area contributed by atoms with E-state index < -0.39 is 17.7 Å². The number of alkyl halides is 3. The maximum Gasteiger partial charge on any atom is 0.413 e. The SMILES string of the molecule is CC(C)(n1cc(C(=O)O)cn1)C(F)(F)F. The van der Waals surface area contributed by atoms with Crippen LogP contribution in [0.15, 0.2) is 12.4 Å². The van der Waals surface area contributed by atoms with E-state index in [1.165, 1.54) is 0 Å². The third-order valence-electron chi connectivity index (χ3n) is 2.10. The van der Waals surface area contributed by atoms with E-state index in [9.17, 15) is 18.0 Å². The van der Waals surface area contributed by atoms with Crippen LogP contribution in [0.5, 0.6) is 0 Å². The monoisotopic (exact) mass is 222 g/mol. The number of rotatable bonds is 2. The van der Waals surface area contributed by atoms with Gasteiger partial charge in [0.05, 0.1) is 11.8 Å². The lowest BCUT2D eigenvalue weighted by atomic mass is 10.1. The van der Waals surface area contributed by atoms with Gasteiger partial charge in [0.15, 0.2) is 5.54 Å². The van der Waals surface area contributed by atoms with Crippen LogP contribution in [0.4, 0.5) is 13.2 Å².